The lowest BCUT2D eigenvalue weighted by molar-refractivity contribution is -0.111. The van der Waals surface area contributed by atoms with Gasteiger partial charge >= 0.3 is 0 Å². The third kappa shape index (κ3) is 4.61. The van der Waals surface area contributed by atoms with Gasteiger partial charge in [0.2, 0.25) is 11.0 Å². The number of para-hydroxylation sites is 2. The minimum absolute atomic E-state index is 0.0445. The third-order valence-electron chi connectivity index (χ3n) is 5.15. The molecule has 0 aliphatic carbocycles. The van der Waals surface area contributed by atoms with Gasteiger partial charge in [0.05, 0.1) is 25.0 Å². The number of aromatic nitrogens is 2. The zero-order chi connectivity index (χ0) is 23.5. The molecule has 7 nitrogen and oxygen atoms in total. The Morgan fingerprint density at radius 3 is 2.47 bits per heavy atom. The van der Waals surface area contributed by atoms with E-state index in [1.807, 2.05) is 24.3 Å². The number of carbonyl (C=O) groups is 1. The Kier molecular flexibility index (Phi) is 6.20. The molecular weight excluding hydrogens is 468 g/mol. The summed E-state index contributed by atoms with van der Waals surface area (Å²) in [6, 6.07) is 21.4. The van der Waals surface area contributed by atoms with Gasteiger partial charge in [-0.05, 0) is 48.0 Å². The highest BCUT2D eigenvalue weighted by molar-refractivity contribution is 7.99. The molecule has 0 saturated heterocycles. The number of rotatable bonds is 6. The number of phenols is 1. The van der Waals surface area contributed by atoms with Crippen molar-refractivity contribution in [2.45, 2.75) is 16.3 Å². The van der Waals surface area contributed by atoms with Gasteiger partial charge in [0, 0.05) is 15.9 Å². The van der Waals surface area contributed by atoms with Crippen LogP contribution >= 0.6 is 23.1 Å². The lowest BCUT2D eigenvalue weighted by atomic mass is 10.2. The monoisotopic (exact) mass is 488 g/mol. The van der Waals surface area contributed by atoms with Crippen LogP contribution in [0.3, 0.4) is 0 Å². The predicted molar refractivity (Wildman–Crippen MR) is 135 cm³/mol. The highest BCUT2D eigenvalue weighted by atomic mass is 32.2. The van der Waals surface area contributed by atoms with Crippen molar-refractivity contribution in [1.29, 1.82) is 0 Å². The highest BCUT2D eigenvalue weighted by Gasteiger charge is 2.24. The number of amides is 1. The molecule has 5 rings (SSSR count). The summed E-state index contributed by atoms with van der Waals surface area (Å²) in [4.78, 5) is 17.0. The molecule has 0 bridgehead atoms. The zero-order valence-corrected chi connectivity index (χ0v) is 19.8. The predicted octanol–water partition coefficient (Wildman–Crippen LogP) is 5.71. The summed E-state index contributed by atoms with van der Waals surface area (Å²) < 4.78 is 5.09. The van der Waals surface area contributed by atoms with Gasteiger partial charge in [-0.15, -0.1) is 10.2 Å². The van der Waals surface area contributed by atoms with Crippen LogP contribution < -0.4 is 15.0 Å². The number of carbonyl (C=O) groups excluding carboxylic acids is 1. The van der Waals surface area contributed by atoms with Crippen molar-refractivity contribution >= 4 is 51.6 Å². The standard InChI is InChI=1S/C25H20N4O3S2/c1-32-20-14-16(10-12-19(20)30)11-13-23(31)26-25-28-27-24(34-25)15-29-17-6-2-4-8-21(17)33-22-9-5-3-7-18(22)29/h2-14,30H,15H2,1H3,(H,26,28,31)/b13-11+. The van der Waals surface area contributed by atoms with Gasteiger partial charge in [-0.2, -0.15) is 0 Å². The summed E-state index contributed by atoms with van der Waals surface area (Å²) in [5, 5.41) is 22.1. The van der Waals surface area contributed by atoms with Gasteiger partial charge in [0.1, 0.15) is 5.01 Å². The van der Waals surface area contributed by atoms with Gasteiger partial charge in [-0.25, -0.2) is 0 Å². The maximum Gasteiger partial charge on any atom is 0.250 e. The van der Waals surface area contributed by atoms with Crippen LogP contribution in [0.4, 0.5) is 16.5 Å². The van der Waals surface area contributed by atoms with Gasteiger partial charge in [0.25, 0.3) is 0 Å². The number of benzene rings is 3. The highest BCUT2D eigenvalue weighted by Crippen LogP contribution is 2.48. The number of phenolic OH excluding ortho intramolecular Hbond substituents is 1. The van der Waals surface area contributed by atoms with E-state index in [-0.39, 0.29) is 11.7 Å². The molecule has 1 aliphatic rings. The number of fused-ring (bicyclic) bond motifs is 2. The smallest absolute Gasteiger partial charge is 0.250 e. The molecule has 2 heterocycles. The Morgan fingerprint density at radius 2 is 1.76 bits per heavy atom. The van der Waals surface area contributed by atoms with Gasteiger partial charge in [-0.3, -0.25) is 10.1 Å². The molecule has 9 heteroatoms. The summed E-state index contributed by atoms with van der Waals surface area (Å²) in [6.45, 7) is 0.547. The zero-order valence-electron chi connectivity index (χ0n) is 18.1. The van der Waals surface area contributed by atoms with E-state index in [4.69, 9.17) is 4.74 Å². The number of hydrogen-bond acceptors (Lipinski definition) is 8. The van der Waals surface area contributed by atoms with Crippen molar-refractivity contribution in [2.24, 2.45) is 0 Å². The SMILES string of the molecule is COc1cc(/C=C/C(=O)Nc2nnc(CN3c4ccccc4Sc4ccccc43)s2)ccc1O. The summed E-state index contributed by atoms with van der Waals surface area (Å²) >= 11 is 3.10. The van der Waals surface area contributed by atoms with E-state index in [9.17, 15) is 9.90 Å². The second-order valence-corrected chi connectivity index (χ2v) is 9.52. The van der Waals surface area contributed by atoms with Crippen LogP contribution in [0.2, 0.25) is 0 Å². The van der Waals surface area contributed by atoms with Crippen molar-refractivity contribution in [3.05, 3.63) is 83.4 Å². The van der Waals surface area contributed by atoms with Crippen LogP contribution in [0.5, 0.6) is 11.5 Å². The molecule has 0 unspecified atom stereocenters. The van der Waals surface area contributed by atoms with E-state index >= 15 is 0 Å². The lowest BCUT2D eigenvalue weighted by Gasteiger charge is -2.31. The number of ether oxygens (including phenoxy) is 1. The van der Waals surface area contributed by atoms with Crippen LogP contribution in [0.15, 0.2) is 82.6 Å². The van der Waals surface area contributed by atoms with Crippen molar-refractivity contribution < 1.29 is 14.6 Å². The quantitative estimate of drug-likeness (QED) is 0.336. The van der Waals surface area contributed by atoms with Crippen LogP contribution in [-0.4, -0.2) is 28.3 Å². The molecule has 2 N–H and O–H groups in total. The molecule has 0 spiro atoms. The average molecular weight is 489 g/mol. The van der Waals surface area contributed by atoms with Gasteiger partial charge in [0.15, 0.2) is 11.5 Å². The summed E-state index contributed by atoms with van der Waals surface area (Å²) in [6.07, 6.45) is 3.04. The van der Waals surface area contributed by atoms with Crippen molar-refractivity contribution in [2.75, 3.05) is 17.3 Å². The average Bonchev–Trinajstić information content (AvgIpc) is 3.30. The number of nitrogens with one attached hydrogen (secondary N) is 1. The molecule has 0 atom stereocenters. The van der Waals surface area contributed by atoms with E-state index in [1.54, 1.807) is 30.0 Å². The van der Waals surface area contributed by atoms with E-state index in [0.29, 0.717) is 17.4 Å². The fraction of sp³-hybridized carbons (Fsp3) is 0.0800. The largest absolute Gasteiger partial charge is 0.504 e. The molecule has 1 amide bonds. The van der Waals surface area contributed by atoms with Gasteiger partial charge in [-0.1, -0.05) is 53.4 Å². The first-order chi connectivity index (χ1) is 16.6. The van der Waals surface area contributed by atoms with E-state index in [1.165, 1.54) is 40.4 Å². The molecular formula is C25H20N4O3S2. The first-order valence-electron chi connectivity index (χ1n) is 10.4. The molecule has 3 aromatic carbocycles. The topological polar surface area (TPSA) is 87.6 Å². The third-order valence-corrected chi connectivity index (χ3v) is 7.11. The second kappa shape index (κ2) is 9.58. The number of hydrogen-bond donors (Lipinski definition) is 2. The Labute approximate surface area is 204 Å². The number of aromatic hydroxyl groups is 1. The number of anilines is 3. The first kappa shape index (κ1) is 22.0. The normalized spacial score (nSPS) is 12.3. The van der Waals surface area contributed by atoms with Crippen LogP contribution in [-0.2, 0) is 11.3 Å². The molecule has 34 heavy (non-hydrogen) atoms. The van der Waals surface area contributed by atoms with Crippen molar-refractivity contribution in [1.82, 2.24) is 10.2 Å². The second-order valence-electron chi connectivity index (χ2n) is 7.38. The number of methoxy groups -OCH3 is 1. The summed E-state index contributed by atoms with van der Waals surface area (Å²) in [5.74, 6) is 0.0680. The Balaban J connectivity index is 1.29. The fourth-order valence-electron chi connectivity index (χ4n) is 3.57. The maximum absolute atomic E-state index is 12.4. The van der Waals surface area contributed by atoms with Crippen LogP contribution in [0, 0.1) is 0 Å². The molecule has 0 fully saturated rings. The minimum Gasteiger partial charge on any atom is -0.504 e. The first-order valence-corrected chi connectivity index (χ1v) is 12.1. The molecule has 1 aromatic heterocycles. The Morgan fingerprint density at radius 1 is 1.06 bits per heavy atom. The fourth-order valence-corrected chi connectivity index (χ4v) is 5.40. The van der Waals surface area contributed by atoms with E-state index in [0.717, 1.165) is 21.9 Å². The molecule has 170 valence electrons. The van der Waals surface area contributed by atoms with Gasteiger partial charge < -0.3 is 14.7 Å². The Bertz CT molecular complexity index is 1340. The molecule has 0 radical (unpaired) electrons. The van der Waals surface area contributed by atoms with E-state index in [2.05, 4.69) is 44.7 Å². The molecule has 4 aromatic rings. The number of nitrogens with zero attached hydrogens (tertiary/aromatic N) is 3. The maximum atomic E-state index is 12.4. The van der Waals surface area contributed by atoms with E-state index < -0.39 is 0 Å². The Hall–Kier alpha value is -3.82. The minimum atomic E-state index is -0.320. The van der Waals surface area contributed by atoms with Crippen LogP contribution in [0.1, 0.15) is 10.6 Å². The summed E-state index contributed by atoms with van der Waals surface area (Å²) in [7, 11) is 1.47. The summed E-state index contributed by atoms with van der Waals surface area (Å²) in [5.41, 5.74) is 2.97. The molecule has 1 aliphatic heterocycles. The molecule has 0 saturated carbocycles. The van der Waals surface area contributed by atoms with Crippen molar-refractivity contribution in [3.8, 4) is 11.5 Å². The van der Waals surface area contributed by atoms with Crippen LogP contribution in [0.25, 0.3) is 6.08 Å². The lowest BCUT2D eigenvalue weighted by Crippen LogP contribution is -2.20. The van der Waals surface area contributed by atoms with Crippen molar-refractivity contribution in [3.63, 3.8) is 0 Å².